The Morgan fingerprint density at radius 3 is 2.89 bits per heavy atom. The minimum Gasteiger partial charge on any atom is -0.389 e. The molecular weight excluding hydrogens is 228 g/mol. The predicted octanol–water partition coefficient (Wildman–Crippen LogP) is 1.72. The van der Waals surface area contributed by atoms with Crippen molar-refractivity contribution < 1.29 is 5.11 Å². The van der Waals surface area contributed by atoms with Crippen molar-refractivity contribution in [1.82, 2.24) is 20.2 Å². The topological polar surface area (TPSA) is 63.8 Å². The smallest absolute Gasteiger partial charge is 0.177 e. The van der Waals surface area contributed by atoms with Crippen molar-refractivity contribution in [2.75, 3.05) is 0 Å². The van der Waals surface area contributed by atoms with Gasteiger partial charge in [-0.05, 0) is 36.3 Å². The fraction of sp³-hybridized carbons (Fsp3) is 0.923. The lowest BCUT2D eigenvalue weighted by molar-refractivity contribution is -0.0204. The van der Waals surface area contributed by atoms with Crippen LogP contribution in [0.3, 0.4) is 0 Å². The van der Waals surface area contributed by atoms with E-state index < -0.39 is 5.60 Å². The monoisotopic (exact) mass is 252 g/mol. The first-order valence-electron chi connectivity index (χ1n) is 6.92. The van der Waals surface area contributed by atoms with Crippen LogP contribution in [-0.4, -0.2) is 30.9 Å². The third kappa shape index (κ3) is 3.51. The minimum absolute atomic E-state index is 0.537. The number of nitrogens with zero attached hydrogens (tertiary/aromatic N) is 4. The van der Waals surface area contributed by atoms with Crippen LogP contribution in [0.25, 0.3) is 0 Å². The van der Waals surface area contributed by atoms with Gasteiger partial charge < -0.3 is 5.11 Å². The Morgan fingerprint density at radius 1 is 1.50 bits per heavy atom. The van der Waals surface area contributed by atoms with Crippen molar-refractivity contribution in [2.45, 2.75) is 58.0 Å². The van der Waals surface area contributed by atoms with Gasteiger partial charge in [0.1, 0.15) is 0 Å². The first-order chi connectivity index (χ1) is 8.47. The molecule has 1 aromatic heterocycles. The maximum Gasteiger partial charge on any atom is 0.177 e. The molecule has 1 N–H and O–H groups in total. The first kappa shape index (κ1) is 13.5. The van der Waals surface area contributed by atoms with Crippen LogP contribution in [0, 0.1) is 11.8 Å². The van der Waals surface area contributed by atoms with E-state index in [1.54, 1.807) is 7.05 Å². The fourth-order valence-electron chi connectivity index (χ4n) is 3.18. The summed E-state index contributed by atoms with van der Waals surface area (Å²) in [6.07, 6.45) is 5.83. The quantitative estimate of drug-likeness (QED) is 0.886. The highest BCUT2D eigenvalue weighted by atomic mass is 16.3. The Balaban J connectivity index is 1.97. The van der Waals surface area contributed by atoms with Crippen molar-refractivity contribution in [3.63, 3.8) is 0 Å². The van der Waals surface area contributed by atoms with Crippen molar-refractivity contribution in [1.29, 1.82) is 0 Å². The molecule has 0 radical (unpaired) electrons. The van der Waals surface area contributed by atoms with Crippen molar-refractivity contribution in [2.24, 2.45) is 18.9 Å². The zero-order chi connectivity index (χ0) is 13.2. The minimum atomic E-state index is -0.624. The molecule has 0 saturated heterocycles. The van der Waals surface area contributed by atoms with Crippen LogP contribution in [-0.2, 0) is 13.5 Å². The van der Waals surface area contributed by atoms with Crippen LogP contribution in [0.5, 0.6) is 0 Å². The molecule has 0 aliphatic heterocycles. The molecule has 0 amide bonds. The van der Waals surface area contributed by atoms with Crippen molar-refractivity contribution in [3.8, 4) is 0 Å². The molecule has 0 bridgehead atoms. The Kier molecular flexibility index (Phi) is 4.00. The van der Waals surface area contributed by atoms with E-state index in [-0.39, 0.29) is 0 Å². The summed E-state index contributed by atoms with van der Waals surface area (Å²) in [5.41, 5.74) is -0.624. The molecule has 18 heavy (non-hydrogen) atoms. The normalized spacial score (nSPS) is 28.8. The van der Waals surface area contributed by atoms with Crippen LogP contribution in [0.1, 0.15) is 51.8 Å². The van der Waals surface area contributed by atoms with Crippen LogP contribution < -0.4 is 0 Å². The molecule has 2 unspecified atom stereocenters. The molecule has 1 fully saturated rings. The van der Waals surface area contributed by atoms with Gasteiger partial charge in [-0.15, -0.1) is 10.2 Å². The summed E-state index contributed by atoms with van der Waals surface area (Å²) in [5, 5.41) is 22.7. The van der Waals surface area contributed by atoms with Crippen LogP contribution in [0.4, 0.5) is 0 Å². The number of hydrogen-bond acceptors (Lipinski definition) is 4. The van der Waals surface area contributed by atoms with Crippen LogP contribution >= 0.6 is 0 Å². The van der Waals surface area contributed by atoms with Gasteiger partial charge >= 0.3 is 0 Å². The highest BCUT2D eigenvalue weighted by Crippen LogP contribution is 2.37. The van der Waals surface area contributed by atoms with E-state index in [2.05, 4.69) is 29.3 Å². The molecule has 1 aromatic rings. The van der Waals surface area contributed by atoms with Gasteiger partial charge in [-0.1, -0.05) is 26.7 Å². The average Bonchev–Trinajstić information content (AvgIpc) is 2.62. The Morgan fingerprint density at radius 2 is 2.28 bits per heavy atom. The van der Waals surface area contributed by atoms with Gasteiger partial charge in [0, 0.05) is 6.42 Å². The summed E-state index contributed by atoms with van der Waals surface area (Å²) in [4.78, 5) is 1.45. The summed E-state index contributed by atoms with van der Waals surface area (Å²) in [6, 6.07) is 0. The van der Waals surface area contributed by atoms with Gasteiger partial charge in [-0.3, -0.25) is 0 Å². The maximum atomic E-state index is 10.7. The number of tetrazole rings is 1. The third-order valence-electron chi connectivity index (χ3n) is 3.76. The van der Waals surface area contributed by atoms with Gasteiger partial charge in [-0.2, -0.15) is 4.80 Å². The van der Waals surface area contributed by atoms with Crippen LogP contribution in [0.15, 0.2) is 0 Å². The molecule has 1 heterocycles. The van der Waals surface area contributed by atoms with Gasteiger partial charge in [-0.25, -0.2) is 0 Å². The summed E-state index contributed by atoms with van der Waals surface area (Å²) in [6.45, 7) is 4.50. The second-order valence-electron chi connectivity index (χ2n) is 6.19. The maximum absolute atomic E-state index is 10.7. The lowest BCUT2D eigenvalue weighted by Crippen LogP contribution is -2.38. The van der Waals surface area contributed by atoms with E-state index in [0.29, 0.717) is 24.1 Å². The molecule has 2 rings (SSSR count). The second kappa shape index (κ2) is 5.34. The number of rotatable bonds is 4. The molecule has 5 heteroatoms. The van der Waals surface area contributed by atoms with Gasteiger partial charge in [0.05, 0.1) is 12.6 Å². The molecule has 1 saturated carbocycles. The standard InChI is InChI=1S/C13H24N4O/c1-10(2)7-11-5-4-6-13(18,8-11)9-12-14-16-17(3)15-12/h10-11,18H,4-9H2,1-3H3. The van der Waals surface area contributed by atoms with E-state index in [0.717, 1.165) is 19.3 Å². The van der Waals surface area contributed by atoms with E-state index in [4.69, 9.17) is 0 Å². The fourth-order valence-corrected chi connectivity index (χ4v) is 3.18. The largest absolute Gasteiger partial charge is 0.389 e. The Hall–Kier alpha value is -0.970. The zero-order valence-corrected chi connectivity index (χ0v) is 11.6. The molecule has 102 valence electrons. The Labute approximate surface area is 109 Å². The zero-order valence-electron chi connectivity index (χ0n) is 11.6. The summed E-state index contributed by atoms with van der Waals surface area (Å²) in [5.74, 6) is 2.00. The second-order valence-corrected chi connectivity index (χ2v) is 6.19. The molecule has 1 aliphatic rings. The SMILES string of the molecule is CC(C)CC1CCCC(O)(Cc2nnn(C)n2)C1. The van der Waals surface area contributed by atoms with E-state index >= 15 is 0 Å². The molecule has 0 spiro atoms. The summed E-state index contributed by atoms with van der Waals surface area (Å²) in [7, 11) is 1.75. The third-order valence-corrected chi connectivity index (χ3v) is 3.76. The van der Waals surface area contributed by atoms with Gasteiger partial charge in [0.15, 0.2) is 5.82 Å². The van der Waals surface area contributed by atoms with Gasteiger partial charge in [0.25, 0.3) is 0 Å². The number of aromatic nitrogens is 4. The molecular formula is C13H24N4O. The molecule has 0 aromatic carbocycles. The van der Waals surface area contributed by atoms with E-state index in [1.807, 2.05) is 0 Å². The highest BCUT2D eigenvalue weighted by Gasteiger charge is 2.35. The van der Waals surface area contributed by atoms with Crippen LogP contribution in [0.2, 0.25) is 0 Å². The first-order valence-corrected chi connectivity index (χ1v) is 6.92. The number of hydrogen-bond donors (Lipinski definition) is 1. The summed E-state index contributed by atoms with van der Waals surface area (Å²) < 4.78 is 0. The molecule has 1 aliphatic carbocycles. The Bertz CT molecular complexity index is 390. The average molecular weight is 252 g/mol. The summed E-state index contributed by atoms with van der Waals surface area (Å²) >= 11 is 0. The lowest BCUT2D eigenvalue weighted by atomic mass is 9.74. The predicted molar refractivity (Wildman–Crippen MR) is 68.9 cm³/mol. The lowest BCUT2D eigenvalue weighted by Gasteiger charge is -2.36. The number of aliphatic hydroxyl groups is 1. The molecule has 5 nitrogen and oxygen atoms in total. The van der Waals surface area contributed by atoms with E-state index in [9.17, 15) is 5.11 Å². The van der Waals surface area contributed by atoms with Crippen molar-refractivity contribution in [3.05, 3.63) is 5.82 Å². The molecule has 2 atom stereocenters. The van der Waals surface area contributed by atoms with Gasteiger partial charge in [0.2, 0.25) is 0 Å². The highest BCUT2D eigenvalue weighted by molar-refractivity contribution is 4.95. The van der Waals surface area contributed by atoms with Crippen molar-refractivity contribution >= 4 is 0 Å². The number of aryl methyl sites for hydroxylation is 1. The van der Waals surface area contributed by atoms with E-state index in [1.165, 1.54) is 17.6 Å².